The van der Waals surface area contributed by atoms with Crippen LogP contribution < -0.4 is 5.73 Å². The van der Waals surface area contributed by atoms with E-state index in [2.05, 4.69) is 4.74 Å². The number of hydrogen-bond donors (Lipinski definition) is 1. The molecule has 2 N–H and O–H groups in total. The Balaban J connectivity index is 1.97. The number of hydrogen-bond acceptors (Lipinski definition) is 5. The summed E-state index contributed by atoms with van der Waals surface area (Å²) >= 11 is 0. The van der Waals surface area contributed by atoms with Gasteiger partial charge in [-0.2, -0.15) is 8.78 Å². The summed E-state index contributed by atoms with van der Waals surface area (Å²) in [6.07, 6.45) is 0.766. The topological polar surface area (TPSA) is 78.6 Å². The maximum atomic E-state index is 12.6. The molecule has 2 rings (SSSR count). The second kappa shape index (κ2) is 12.0. The van der Waals surface area contributed by atoms with E-state index in [-0.39, 0.29) is 13.0 Å². The fraction of sp³-hybridized carbons (Fsp3) is 0.364. The van der Waals surface area contributed by atoms with Crippen LogP contribution in [-0.4, -0.2) is 31.0 Å². The molecular weight excluding hydrogens is 380 g/mol. The fourth-order valence-electron chi connectivity index (χ4n) is 2.80. The lowest BCUT2D eigenvalue weighted by atomic mass is 9.92. The van der Waals surface area contributed by atoms with Gasteiger partial charge in [0, 0.05) is 6.42 Å². The van der Waals surface area contributed by atoms with E-state index in [4.69, 9.17) is 10.5 Å². The first-order chi connectivity index (χ1) is 14.0. The van der Waals surface area contributed by atoms with Crippen molar-refractivity contribution in [2.24, 2.45) is 11.7 Å². The third-order valence-corrected chi connectivity index (χ3v) is 4.44. The fourth-order valence-corrected chi connectivity index (χ4v) is 2.80. The van der Waals surface area contributed by atoms with Gasteiger partial charge in [0.2, 0.25) is 0 Å². The molecule has 0 spiro atoms. The molecular formula is C22H25F2NO4. The number of rotatable bonds is 12. The van der Waals surface area contributed by atoms with Crippen molar-refractivity contribution in [3.8, 4) is 0 Å². The number of ether oxygens (including phenoxy) is 2. The minimum atomic E-state index is -3.00. The molecule has 0 fully saturated rings. The molecule has 156 valence electrons. The molecule has 0 heterocycles. The summed E-state index contributed by atoms with van der Waals surface area (Å²) in [5.74, 6) is -1.75. The van der Waals surface area contributed by atoms with Crippen LogP contribution in [0, 0.1) is 5.92 Å². The van der Waals surface area contributed by atoms with Crippen molar-refractivity contribution in [3.63, 3.8) is 0 Å². The third-order valence-electron chi connectivity index (χ3n) is 4.44. The van der Waals surface area contributed by atoms with Gasteiger partial charge in [0.15, 0.2) is 5.78 Å². The van der Waals surface area contributed by atoms with Crippen molar-refractivity contribution < 1.29 is 27.8 Å². The Morgan fingerprint density at radius 2 is 1.52 bits per heavy atom. The van der Waals surface area contributed by atoms with Gasteiger partial charge in [0.05, 0.1) is 18.6 Å². The minimum absolute atomic E-state index is 0.0935. The van der Waals surface area contributed by atoms with Gasteiger partial charge in [-0.1, -0.05) is 60.7 Å². The first-order valence-corrected chi connectivity index (χ1v) is 9.38. The molecule has 0 saturated heterocycles. The molecule has 0 aliphatic rings. The van der Waals surface area contributed by atoms with Crippen molar-refractivity contribution in [2.75, 3.05) is 6.61 Å². The summed E-state index contributed by atoms with van der Waals surface area (Å²) in [5.41, 5.74) is 7.48. The molecule has 0 bridgehead atoms. The zero-order chi connectivity index (χ0) is 21.1. The summed E-state index contributed by atoms with van der Waals surface area (Å²) in [4.78, 5) is 24.9. The molecule has 29 heavy (non-hydrogen) atoms. The second-order valence-corrected chi connectivity index (χ2v) is 6.69. The minimum Gasteiger partial charge on any atom is -0.461 e. The van der Waals surface area contributed by atoms with Crippen molar-refractivity contribution in [2.45, 2.75) is 38.5 Å². The highest BCUT2D eigenvalue weighted by molar-refractivity contribution is 5.88. The average Bonchev–Trinajstić information content (AvgIpc) is 2.74. The molecule has 0 unspecified atom stereocenters. The quantitative estimate of drug-likeness (QED) is 0.547. The molecule has 0 aliphatic heterocycles. The van der Waals surface area contributed by atoms with Crippen LogP contribution in [0.5, 0.6) is 0 Å². The van der Waals surface area contributed by atoms with E-state index in [0.29, 0.717) is 12.8 Å². The molecule has 0 saturated carbocycles. The summed E-state index contributed by atoms with van der Waals surface area (Å²) in [6.45, 7) is -3.50. The Labute approximate surface area is 168 Å². The summed E-state index contributed by atoms with van der Waals surface area (Å²) in [5, 5.41) is 0. The van der Waals surface area contributed by atoms with Gasteiger partial charge in [-0.05, 0) is 24.0 Å². The van der Waals surface area contributed by atoms with E-state index in [1.165, 1.54) is 0 Å². The van der Waals surface area contributed by atoms with Crippen LogP contribution in [0.4, 0.5) is 8.78 Å². The van der Waals surface area contributed by atoms with Gasteiger partial charge >= 0.3 is 12.6 Å². The predicted octanol–water partition coefficient (Wildman–Crippen LogP) is 3.50. The highest BCUT2D eigenvalue weighted by Gasteiger charge is 2.26. The zero-order valence-electron chi connectivity index (χ0n) is 16.0. The summed E-state index contributed by atoms with van der Waals surface area (Å²) in [7, 11) is 0. The first-order valence-electron chi connectivity index (χ1n) is 9.38. The van der Waals surface area contributed by atoms with Gasteiger partial charge in [-0.15, -0.1) is 0 Å². The highest BCUT2D eigenvalue weighted by Crippen LogP contribution is 2.18. The number of aryl methyl sites for hydroxylation is 1. The van der Waals surface area contributed by atoms with E-state index in [1.807, 2.05) is 60.7 Å². The van der Waals surface area contributed by atoms with Crippen LogP contribution in [0.2, 0.25) is 0 Å². The Kier molecular flexibility index (Phi) is 9.40. The number of ketones is 1. The first kappa shape index (κ1) is 22.6. The number of Topliss-reactive ketones (excluding diaryl/α,β-unsaturated/α-hetero) is 1. The van der Waals surface area contributed by atoms with Crippen LogP contribution >= 0.6 is 0 Å². The molecule has 5 nitrogen and oxygen atoms in total. The van der Waals surface area contributed by atoms with E-state index in [1.54, 1.807) is 0 Å². The van der Waals surface area contributed by atoms with Gasteiger partial charge in [-0.25, -0.2) is 0 Å². The van der Waals surface area contributed by atoms with Crippen molar-refractivity contribution in [3.05, 3.63) is 71.8 Å². The Hall–Kier alpha value is -2.64. The monoisotopic (exact) mass is 405 g/mol. The third kappa shape index (κ3) is 8.50. The van der Waals surface area contributed by atoms with Gasteiger partial charge in [0.1, 0.15) is 6.61 Å². The van der Waals surface area contributed by atoms with E-state index in [9.17, 15) is 18.4 Å². The number of carbonyl (C=O) groups excluding carboxylic acids is 2. The van der Waals surface area contributed by atoms with E-state index in [0.717, 1.165) is 11.1 Å². The highest BCUT2D eigenvalue weighted by atomic mass is 19.3. The smallest absolute Gasteiger partial charge is 0.345 e. The maximum Gasteiger partial charge on any atom is 0.345 e. The Morgan fingerprint density at radius 3 is 2.10 bits per heavy atom. The molecule has 2 atom stereocenters. The van der Waals surface area contributed by atoms with Crippen molar-refractivity contribution >= 4 is 11.8 Å². The number of halogens is 2. The van der Waals surface area contributed by atoms with Crippen LogP contribution in [0.3, 0.4) is 0 Å². The molecule has 2 aromatic carbocycles. The normalized spacial score (nSPS) is 13.1. The summed E-state index contributed by atoms with van der Waals surface area (Å²) < 4.78 is 33.8. The molecule has 0 aliphatic carbocycles. The lowest BCUT2D eigenvalue weighted by Gasteiger charge is -2.18. The van der Waals surface area contributed by atoms with E-state index >= 15 is 0 Å². The Bertz CT molecular complexity index is 756. The number of alkyl halides is 2. The number of nitrogens with two attached hydrogens (primary N) is 1. The maximum absolute atomic E-state index is 12.6. The lowest BCUT2D eigenvalue weighted by Crippen LogP contribution is -2.38. The lowest BCUT2D eigenvalue weighted by molar-refractivity contribution is -0.153. The second-order valence-electron chi connectivity index (χ2n) is 6.69. The standard InChI is InChI=1S/C22H25F2NO4/c23-22(24)29-15-19(25)20(26)13-18(12-11-16-7-3-1-4-8-16)21(27)28-14-17-9-5-2-6-10-17/h1-10,18-19,22H,11-15,25H2/t18-,19+/m1/s1. The molecule has 0 aromatic heterocycles. The van der Waals surface area contributed by atoms with Gasteiger partial charge < -0.3 is 15.2 Å². The van der Waals surface area contributed by atoms with Crippen molar-refractivity contribution in [1.29, 1.82) is 0 Å². The molecule has 7 heteroatoms. The largest absolute Gasteiger partial charge is 0.461 e. The van der Waals surface area contributed by atoms with E-state index < -0.39 is 36.9 Å². The van der Waals surface area contributed by atoms with Gasteiger partial charge in [0.25, 0.3) is 0 Å². The molecule has 2 aromatic rings. The van der Waals surface area contributed by atoms with Crippen LogP contribution in [-0.2, 0) is 32.1 Å². The molecule has 0 amide bonds. The summed E-state index contributed by atoms with van der Waals surface area (Å²) in [6, 6.07) is 17.5. The van der Waals surface area contributed by atoms with Crippen LogP contribution in [0.1, 0.15) is 24.0 Å². The van der Waals surface area contributed by atoms with Crippen LogP contribution in [0.15, 0.2) is 60.7 Å². The van der Waals surface area contributed by atoms with Crippen LogP contribution in [0.25, 0.3) is 0 Å². The molecule has 0 radical (unpaired) electrons. The SMILES string of the molecule is N[C@@H](COC(F)F)C(=O)C[C@@H](CCc1ccccc1)C(=O)OCc1ccccc1. The predicted molar refractivity (Wildman–Crippen MR) is 104 cm³/mol. The number of esters is 1. The average molecular weight is 405 g/mol. The van der Waals surface area contributed by atoms with Crippen molar-refractivity contribution in [1.82, 2.24) is 0 Å². The zero-order valence-corrected chi connectivity index (χ0v) is 16.0. The number of benzene rings is 2. The Morgan fingerprint density at radius 1 is 0.931 bits per heavy atom. The van der Waals surface area contributed by atoms with Gasteiger partial charge in [-0.3, -0.25) is 9.59 Å². The number of carbonyl (C=O) groups is 2.